The van der Waals surface area contributed by atoms with Crippen LogP contribution in [0.5, 0.6) is 0 Å². The zero-order chi connectivity index (χ0) is 14.7. The van der Waals surface area contributed by atoms with E-state index in [0.29, 0.717) is 18.6 Å². The maximum absolute atomic E-state index is 11.5. The van der Waals surface area contributed by atoms with Crippen molar-refractivity contribution in [3.8, 4) is 0 Å². The van der Waals surface area contributed by atoms with E-state index in [-0.39, 0.29) is 25.0 Å². The molecule has 19 heavy (non-hydrogen) atoms. The van der Waals surface area contributed by atoms with Crippen LogP contribution >= 0.6 is 0 Å². The van der Waals surface area contributed by atoms with Gasteiger partial charge in [0.15, 0.2) is 5.76 Å². The summed E-state index contributed by atoms with van der Waals surface area (Å²) >= 11 is 0. The molecule has 0 aliphatic carbocycles. The molecule has 0 aromatic rings. The van der Waals surface area contributed by atoms with E-state index in [9.17, 15) is 14.4 Å². The minimum atomic E-state index is -0.481. The van der Waals surface area contributed by atoms with E-state index >= 15 is 0 Å². The first-order valence-electron chi connectivity index (χ1n) is 6.01. The van der Waals surface area contributed by atoms with Gasteiger partial charge in [-0.25, -0.2) is 0 Å². The van der Waals surface area contributed by atoms with Crippen molar-refractivity contribution in [3.63, 3.8) is 0 Å². The fourth-order valence-corrected chi connectivity index (χ4v) is 1.38. The Labute approximate surface area is 112 Å². The molecule has 0 saturated heterocycles. The number of aldehydes is 1. The van der Waals surface area contributed by atoms with Gasteiger partial charge in [-0.05, 0) is 20.3 Å². The largest absolute Gasteiger partial charge is 0.485 e. The van der Waals surface area contributed by atoms with Crippen molar-refractivity contribution >= 4 is 18.6 Å². The Balaban J connectivity index is 4.67. The van der Waals surface area contributed by atoms with Crippen LogP contribution in [-0.2, 0) is 19.1 Å². The number of rotatable bonds is 10. The lowest BCUT2D eigenvalue weighted by Gasteiger charge is -2.22. The topological polar surface area (TPSA) is 84.5 Å². The van der Waals surface area contributed by atoms with Crippen molar-refractivity contribution in [1.29, 1.82) is 0 Å². The van der Waals surface area contributed by atoms with Crippen LogP contribution in [0.3, 0.4) is 0 Å². The second-order valence-corrected chi connectivity index (χ2v) is 4.07. The number of hydrogen-bond donors (Lipinski definition) is 2. The van der Waals surface area contributed by atoms with Gasteiger partial charge in [-0.1, -0.05) is 12.3 Å². The number of amides is 2. The van der Waals surface area contributed by atoms with Crippen LogP contribution in [0.2, 0.25) is 0 Å². The smallest absolute Gasteiger partial charge is 0.239 e. The second-order valence-electron chi connectivity index (χ2n) is 4.07. The van der Waals surface area contributed by atoms with E-state index in [1.807, 2.05) is 13.8 Å². The van der Waals surface area contributed by atoms with Gasteiger partial charge >= 0.3 is 0 Å². The third kappa shape index (κ3) is 7.78. The van der Waals surface area contributed by atoms with Gasteiger partial charge in [-0.15, -0.1) is 0 Å². The summed E-state index contributed by atoms with van der Waals surface area (Å²) in [7, 11) is 0. The van der Waals surface area contributed by atoms with Crippen molar-refractivity contribution in [3.05, 3.63) is 18.1 Å². The Morgan fingerprint density at radius 2 is 2.11 bits per heavy atom. The van der Waals surface area contributed by atoms with E-state index in [1.165, 1.54) is 0 Å². The lowest BCUT2D eigenvalue weighted by Crippen LogP contribution is -2.42. The molecule has 0 saturated carbocycles. The monoisotopic (exact) mass is 268 g/mol. The van der Waals surface area contributed by atoms with Gasteiger partial charge in [0, 0.05) is 6.42 Å². The summed E-state index contributed by atoms with van der Waals surface area (Å²) in [6.07, 6.45) is 1.78. The highest BCUT2D eigenvalue weighted by Gasteiger charge is 2.18. The highest BCUT2D eigenvalue weighted by atomic mass is 16.5. The molecule has 6 nitrogen and oxygen atoms in total. The molecule has 0 rings (SSSR count). The third-order valence-electron chi connectivity index (χ3n) is 2.11. The standard InChI is InChI=1S/C13H20N2O4/c1-4-12(19-10(2)3)11(6-5-7-16)15-13(18)8-14-9-17/h7,9-11H,1,5-6,8H2,2-3H3,(H,14,17)(H,15,18). The molecule has 6 heteroatoms. The lowest BCUT2D eigenvalue weighted by atomic mass is 10.1. The zero-order valence-electron chi connectivity index (χ0n) is 11.3. The summed E-state index contributed by atoms with van der Waals surface area (Å²) in [6.45, 7) is 7.06. The maximum atomic E-state index is 11.5. The van der Waals surface area contributed by atoms with E-state index in [4.69, 9.17) is 4.74 Å². The van der Waals surface area contributed by atoms with Gasteiger partial charge in [-0.2, -0.15) is 0 Å². The average molecular weight is 268 g/mol. The van der Waals surface area contributed by atoms with Crippen LogP contribution in [0.4, 0.5) is 0 Å². The van der Waals surface area contributed by atoms with Crippen LogP contribution < -0.4 is 10.6 Å². The Morgan fingerprint density at radius 3 is 2.58 bits per heavy atom. The number of ether oxygens (including phenoxy) is 1. The molecule has 0 aliphatic rings. The molecule has 0 fully saturated rings. The molecule has 1 unspecified atom stereocenters. The summed E-state index contributed by atoms with van der Waals surface area (Å²) in [6, 6.07) is -0.481. The predicted molar refractivity (Wildman–Crippen MR) is 70.2 cm³/mol. The average Bonchev–Trinajstić information content (AvgIpc) is 2.38. The third-order valence-corrected chi connectivity index (χ3v) is 2.11. The molecule has 0 radical (unpaired) electrons. The van der Waals surface area contributed by atoms with E-state index < -0.39 is 6.04 Å². The molecule has 0 bridgehead atoms. The fourth-order valence-electron chi connectivity index (χ4n) is 1.38. The van der Waals surface area contributed by atoms with Gasteiger partial charge in [0.2, 0.25) is 12.3 Å². The van der Waals surface area contributed by atoms with Gasteiger partial charge in [-0.3, -0.25) is 9.59 Å². The van der Waals surface area contributed by atoms with Gasteiger partial charge < -0.3 is 20.2 Å². The normalized spacial score (nSPS) is 11.1. The highest BCUT2D eigenvalue weighted by molar-refractivity contribution is 5.80. The Kier molecular flexibility index (Phi) is 8.83. The number of carbonyl (C=O) groups is 3. The molecule has 0 heterocycles. The minimum Gasteiger partial charge on any atom is -0.485 e. The SMILES string of the molecule is C=C=C(OC(C)C)C(CCC=O)NC(=O)CNC=O. The minimum absolute atomic E-state index is 0.0898. The van der Waals surface area contributed by atoms with E-state index in [1.54, 1.807) is 0 Å². The van der Waals surface area contributed by atoms with Crippen molar-refractivity contribution in [2.24, 2.45) is 0 Å². The van der Waals surface area contributed by atoms with Crippen molar-refractivity contribution in [2.45, 2.75) is 38.8 Å². The first-order valence-corrected chi connectivity index (χ1v) is 6.01. The molecule has 106 valence electrons. The number of hydrogen-bond acceptors (Lipinski definition) is 4. The van der Waals surface area contributed by atoms with Crippen molar-refractivity contribution < 1.29 is 19.1 Å². The highest BCUT2D eigenvalue weighted by Crippen LogP contribution is 2.11. The summed E-state index contributed by atoms with van der Waals surface area (Å²) in [5, 5.41) is 4.92. The van der Waals surface area contributed by atoms with Crippen LogP contribution in [-0.4, -0.2) is 37.3 Å². The first kappa shape index (κ1) is 16.9. The number of nitrogens with one attached hydrogen (secondary N) is 2. The van der Waals surface area contributed by atoms with Gasteiger partial charge in [0.05, 0.1) is 18.7 Å². The Bertz CT molecular complexity index is 360. The second kappa shape index (κ2) is 9.91. The fraction of sp³-hybridized carbons (Fsp3) is 0.538. The predicted octanol–water partition coefficient (Wildman–Crippen LogP) is 0.290. The molecule has 0 aromatic carbocycles. The summed E-state index contributed by atoms with van der Waals surface area (Å²) < 4.78 is 5.49. The van der Waals surface area contributed by atoms with Crippen LogP contribution in [0.25, 0.3) is 0 Å². The molecule has 0 aromatic heterocycles. The molecule has 0 aliphatic heterocycles. The lowest BCUT2D eigenvalue weighted by molar-refractivity contribution is -0.123. The molecule has 2 amide bonds. The first-order chi connectivity index (χ1) is 9.04. The zero-order valence-corrected chi connectivity index (χ0v) is 11.3. The van der Waals surface area contributed by atoms with Crippen LogP contribution in [0, 0.1) is 0 Å². The quantitative estimate of drug-likeness (QED) is 0.339. The summed E-state index contributed by atoms with van der Waals surface area (Å²) in [5.74, 6) is 0.0133. The van der Waals surface area contributed by atoms with E-state index in [0.717, 1.165) is 6.29 Å². The molecule has 0 spiro atoms. The molecular weight excluding hydrogens is 248 g/mol. The molecule has 2 N–H and O–H groups in total. The number of carbonyl (C=O) groups excluding carboxylic acids is 3. The van der Waals surface area contributed by atoms with Crippen molar-refractivity contribution in [2.75, 3.05) is 6.54 Å². The van der Waals surface area contributed by atoms with Crippen LogP contribution in [0.1, 0.15) is 26.7 Å². The molecule has 1 atom stereocenters. The summed E-state index contributed by atoms with van der Waals surface area (Å²) in [5.41, 5.74) is 2.63. The van der Waals surface area contributed by atoms with Gasteiger partial charge in [0.25, 0.3) is 0 Å². The summed E-state index contributed by atoms with van der Waals surface area (Å²) in [4.78, 5) is 32.1. The Morgan fingerprint density at radius 1 is 1.42 bits per heavy atom. The maximum Gasteiger partial charge on any atom is 0.239 e. The van der Waals surface area contributed by atoms with Crippen molar-refractivity contribution in [1.82, 2.24) is 10.6 Å². The van der Waals surface area contributed by atoms with Gasteiger partial charge in [0.1, 0.15) is 6.29 Å². The van der Waals surface area contributed by atoms with E-state index in [2.05, 4.69) is 22.9 Å². The Hall–Kier alpha value is -2.07. The molecular formula is C13H20N2O4. The van der Waals surface area contributed by atoms with Crippen LogP contribution in [0.15, 0.2) is 18.1 Å².